The molecule has 0 radical (unpaired) electrons. The summed E-state index contributed by atoms with van der Waals surface area (Å²) in [4.78, 5) is 36.0. The van der Waals surface area contributed by atoms with E-state index in [-0.39, 0.29) is 0 Å². The largest absolute Gasteiger partial charge is 0.343 e. The smallest absolute Gasteiger partial charge is 0.140 e. The molecular weight excluding hydrogens is 1680 g/mol. The first-order valence-electron chi connectivity index (χ1n) is 49.0. The van der Waals surface area contributed by atoms with Gasteiger partial charge in [0.2, 0.25) is 0 Å². The number of rotatable bonds is 7. The quantitative estimate of drug-likeness (QED) is 0.144. The molecule has 0 fully saturated rings. The van der Waals surface area contributed by atoms with Crippen LogP contribution >= 0.6 is 0 Å². The van der Waals surface area contributed by atoms with E-state index in [1.54, 1.807) is 16.8 Å². The summed E-state index contributed by atoms with van der Waals surface area (Å²) in [5, 5.41) is 30.8. The summed E-state index contributed by atoms with van der Waals surface area (Å²) >= 11 is 0. The Labute approximate surface area is 793 Å². The van der Waals surface area contributed by atoms with Gasteiger partial charge in [-0.1, -0.05) is 182 Å². The maximum Gasteiger partial charge on any atom is 0.140 e. The monoisotopic (exact) mass is 1780 g/mol. The highest BCUT2D eigenvalue weighted by Crippen LogP contribution is 2.46. The van der Waals surface area contributed by atoms with Gasteiger partial charge in [-0.15, -0.1) is 0 Å². The average molecular weight is 1780 g/mol. The molecule has 0 saturated carbocycles. The number of benzene rings is 12. The molecule has 670 valence electrons. The van der Waals surface area contributed by atoms with Crippen molar-refractivity contribution in [3.8, 4) is 0 Å². The number of pyridine rings is 8. The van der Waals surface area contributed by atoms with Crippen LogP contribution < -0.4 is 0 Å². The molecule has 29 rings (SSSR count). The van der Waals surface area contributed by atoms with Crippen molar-refractivity contribution in [2.45, 2.75) is 146 Å². The molecule has 15 aromatic heterocycles. The van der Waals surface area contributed by atoms with Gasteiger partial charge >= 0.3 is 0 Å². The van der Waals surface area contributed by atoms with Gasteiger partial charge < -0.3 is 32.0 Å². The summed E-state index contributed by atoms with van der Waals surface area (Å²) in [6.45, 7) is 22.3. The number of aryl methyl sites for hydroxylation is 9. The molecule has 137 heavy (non-hydrogen) atoms. The molecule has 0 unspecified atom stereocenters. The zero-order valence-electron chi connectivity index (χ0n) is 78.6. The molecule has 0 saturated heterocycles. The van der Waals surface area contributed by atoms with Crippen molar-refractivity contribution >= 4 is 218 Å². The Kier molecular flexibility index (Phi) is 22.7. The molecule has 0 bridgehead atoms. The molecule has 27 aromatic rings. The maximum absolute atomic E-state index is 4.69. The summed E-state index contributed by atoms with van der Waals surface area (Å²) in [5.41, 5.74) is 25.8. The van der Waals surface area contributed by atoms with Crippen molar-refractivity contribution in [1.82, 2.24) is 71.8 Å². The zero-order valence-corrected chi connectivity index (χ0v) is 78.6. The van der Waals surface area contributed by atoms with Crippen LogP contribution in [0, 0.1) is 0 Å². The van der Waals surface area contributed by atoms with Crippen molar-refractivity contribution in [2.75, 3.05) is 0 Å². The van der Waals surface area contributed by atoms with E-state index in [2.05, 4.69) is 359 Å². The van der Waals surface area contributed by atoms with E-state index < -0.39 is 0 Å². The minimum absolute atomic E-state index is 0.930. The Morgan fingerprint density at radius 1 is 0.197 bits per heavy atom. The van der Waals surface area contributed by atoms with Gasteiger partial charge in [0, 0.05) is 254 Å². The van der Waals surface area contributed by atoms with E-state index >= 15 is 0 Å². The van der Waals surface area contributed by atoms with Crippen LogP contribution in [-0.4, -0.2) is 71.8 Å². The number of hydrogen-bond donors (Lipinski definition) is 0. The Bertz CT molecular complexity index is 8580. The number of nitrogens with zero attached hydrogens (tertiary/aromatic N) is 15. The van der Waals surface area contributed by atoms with Gasteiger partial charge in [0.05, 0.1) is 66.9 Å². The molecule has 2 aliphatic carbocycles. The lowest BCUT2D eigenvalue weighted by molar-refractivity contribution is 0.628. The highest BCUT2D eigenvalue weighted by Gasteiger charge is 2.26. The molecule has 0 amide bonds. The van der Waals surface area contributed by atoms with Crippen LogP contribution in [0.1, 0.15) is 96.7 Å². The normalized spacial score (nSPS) is 12.6. The molecule has 15 heterocycles. The molecule has 2 aliphatic rings. The van der Waals surface area contributed by atoms with E-state index in [4.69, 9.17) is 9.97 Å². The summed E-state index contributed by atoms with van der Waals surface area (Å²) < 4.78 is 16.8. The zero-order chi connectivity index (χ0) is 92.3. The molecule has 0 aliphatic heterocycles. The van der Waals surface area contributed by atoms with E-state index in [1.807, 2.05) is 92.4 Å². The Hall–Kier alpha value is -16.0. The summed E-state index contributed by atoms with van der Waals surface area (Å²) in [7, 11) is 0. The first kappa shape index (κ1) is 85.2. The van der Waals surface area contributed by atoms with Crippen LogP contribution in [-0.2, 0) is 71.5 Å². The first-order chi connectivity index (χ1) is 67.8. The van der Waals surface area contributed by atoms with Crippen molar-refractivity contribution in [3.05, 3.63) is 364 Å². The van der Waals surface area contributed by atoms with Gasteiger partial charge in [-0.05, 0) is 218 Å². The van der Waals surface area contributed by atoms with Crippen molar-refractivity contribution in [3.63, 3.8) is 0 Å². The van der Waals surface area contributed by atoms with E-state index in [9.17, 15) is 0 Å². The maximum atomic E-state index is 4.69. The second kappa shape index (κ2) is 36.4. The summed E-state index contributed by atoms with van der Waals surface area (Å²) in [6, 6.07) is 96.7. The fourth-order valence-electron chi connectivity index (χ4n) is 23.3. The molecule has 15 heteroatoms. The van der Waals surface area contributed by atoms with Crippen molar-refractivity contribution in [2.24, 2.45) is 0 Å². The van der Waals surface area contributed by atoms with Gasteiger partial charge in [-0.25, -0.2) is 4.98 Å². The van der Waals surface area contributed by atoms with E-state index in [1.165, 1.54) is 253 Å². The second-order valence-corrected chi connectivity index (χ2v) is 35.8. The predicted octanol–water partition coefficient (Wildman–Crippen LogP) is 30.5. The van der Waals surface area contributed by atoms with Gasteiger partial charge in [-0.3, -0.25) is 34.9 Å². The molecule has 0 spiro atoms. The first-order valence-corrected chi connectivity index (χ1v) is 49.0. The summed E-state index contributed by atoms with van der Waals surface area (Å²) in [6.07, 6.45) is 31.3. The predicted molar refractivity (Wildman–Crippen MR) is 577 cm³/mol. The Morgan fingerprint density at radius 2 is 0.540 bits per heavy atom. The topological polar surface area (TPSA) is 138 Å². The van der Waals surface area contributed by atoms with Crippen LogP contribution in [0.4, 0.5) is 0 Å². The fraction of sp³-hybridized carbons (Fsp3) is 0.180. The fourth-order valence-corrected chi connectivity index (χ4v) is 23.3. The molecular formula is C122H107N15. The van der Waals surface area contributed by atoms with Gasteiger partial charge in [-0.2, -0.15) is 0 Å². The SMILES string of the molecule is CCn1c2c(c3cccnc31)CCCC2.CCn1c2c(c3ccncc31)CCCC2.CCn1c2ccccc2c2c3ccccc3c3ncccc3c21.CCn1c2ccccc2c2c3cccnc3c3ccccc3c21.CCn1c2ccccc2c2c3cccnc3c3ncccc3c21.CCn1c2ccccc2c2ccc3ccncc3c21.CCn1c2ccncc2c2ccc3ccccc3c21. The van der Waals surface area contributed by atoms with E-state index in [0.29, 0.717) is 0 Å². The van der Waals surface area contributed by atoms with Crippen LogP contribution in [0.5, 0.6) is 0 Å². The van der Waals surface area contributed by atoms with Crippen LogP contribution in [0.25, 0.3) is 218 Å². The standard InChI is InChI=1S/2C21H16N2.C20H15N3.2C17H14N2.2C13H16N2/c1-2-23-18-12-6-5-10-16(18)19-17-11-7-13-22-20(17)14-8-3-4-9-15(14)21(19)23;1-2-23-18-12-6-5-10-16(18)19-14-8-3-4-9-15(14)20-17(21(19)23)11-7-13-22-20;1-2-23-16-10-4-3-7-13(16)17-14-8-5-11-21-18(14)19-15(20(17)23)9-6-12-22-19;1-2-19-16-6-4-3-5-13(16)14-8-7-12-9-10-18-11-15(12)17(14)19;1-2-19-16-9-10-18-11-15(16)14-8-7-12-5-3-4-6-13(12)17(14)19;1-2-15-12-8-4-3-6-10(12)11-7-5-9-14-13(11)15;1-2-15-12-6-4-3-5-10(12)11-7-8-14-9-13(11)15/h2*3-13H,2H2,1H3;3-12H,2H2,1H3;2*3-11H,2H2,1H3;5,7,9H,2-4,6,8H2,1H3;7-9H,2-6H2,1H3. The summed E-state index contributed by atoms with van der Waals surface area (Å²) in [5.74, 6) is 0. The van der Waals surface area contributed by atoms with Gasteiger partial charge in [0.25, 0.3) is 0 Å². The van der Waals surface area contributed by atoms with Crippen molar-refractivity contribution in [1.29, 1.82) is 0 Å². The number of fused-ring (bicyclic) bond motifs is 40. The average Bonchev–Trinajstić information content (AvgIpc) is 1.73. The highest BCUT2D eigenvalue weighted by molar-refractivity contribution is 6.34. The van der Waals surface area contributed by atoms with Crippen LogP contribution in [0.2, 0.25) is 0 Å². The van der Waals surface area contributed by atoms with Crippen LogP contribution in [0.15, 0.2) is 341 Å². The number of hydrogen-bond acceptors (Lipinski definition) is 8. The molecule has 12 aromatic carbocycles. The van der Waals surface area contributed by atoms with Gasteiger partial charge in [0.15, 0.2) is 0 Å². The third kappa shape index (κ3) is 14.2. The molecule has 15 nitrogen and oxygen atoms in total. The number of aromatic nitrogens is 15. The Balaban J connectivity index is 0.0000000902. The lowest BCUT2D eigenvalue weighted by Gasteiger charge is -2.14. The lowest BCUT2D eigenvalue weighted by Crippen LogP contribution is -2.07. The Morgan fingerprint density at radius 3 is 1.12 bits per heavy atom. The second-order valence-electron chi connectivity index (χ2n) is 35.8. The molecule has 0 N–H and O–H groups in total. The van der Waals surface area contributed by atoms with Gasteiger partial charge in [0.1, 0.15) is 5.65 Å². The minimum Gasteiger partial charge on any atom is -0.343 e. The third-order valence-electron chi connectivity index (χ3n) is 28.9. The highest BCUT2D eigenvalue weighted by atomic mass is 15.1. The molecule has 0 atom stereocenters. The third-order valence-corrected chi connectivity index (χ3v) is 28.9. The van der Waals surface area contributed by atoms with E-state index in [0.717, 1.165) is 67.9 Å². The lowest BCUT2D eigenvalue weighted by atomic mass is 9.96. The van der Waals surface area contributed by atoms with Crippen LogP contribution in [0.3, 0.4) is 0 Å². The van der Waals surface area contributed by atoms with Crippen molar-refractivity contribution < 1.29 is 0 Å². The minimum atomic E-state index is 0.930. The number of para-hydroxylation sites is 4.